The normalized spacial score (nSPS) is 9.84. The Kier molecular flexibility index (Phi) is 4.94. The molecule has 0 unspecified atom stereocenters. The van der Waals surface area contributed by atoms with Crippen LogP contribution in [0.25, 0.3) is 0 Å². The highest BCUT2D eigenvalue weighted by Gasteiger charge is 2.19. The van der Waals surface area contributed by atoms with E-state index in [0.29, 0.717) is 6.29 Å². The van der Waals surface area contributed by atoms with E-state index in [0.717, 1.165) is 12.1 Å². The Morgan fingerprint density at radius 1 is 1.53 bits per heavy atom. The van der Waals surface area contributed by atoms with Crippen LogP contribution in [0.2, 0.25) is 0 Å². The number of hydrogen-bond donors (Lipinski definition) is 0. The van der Waals surface area contributed by atoms with Gasteiger partial charge in [-0.2, -0.15) is 14.0 Å². The number of alkyl halides is 2. The summed E-state index contributed by atoms with van der Waals surface area (Å²) >= 11 is 0. The number of aldehydes is 1. The zero-order valence-electron chi connectivity index (χ0n) is 9.85. The van der Waals surface area contributed by atoms with Gasteiger partial charge in [0.25, 0.3) is 0 Å². The Labute approximate surface area is 107 Å². The summed E-state index contributed by atoms with van der Waals surface area (Å²) in [6.07, 6.45) is 0.333. The highest BCUT2D eigenvalue weighted by molar-refractivity contribution is 5.99. The minimum absolute atomic E-state index is 0.0577. The van der Waals surface area contributed by atoms with Gasteiger partial charge in [0.1, 0.15) is 11.8 Å². The molecular formula is C12H9F2NO4. The molecule has 100 valence electrons. The van der Waals surface area contributed by atoms with Gasteiger partial charge in [0.2, 0.25) is 0 Å². The van der Waals surface area contributed by atoms with E-state index in [1.165, 1.54) is 0 Å². The third-order valence-electron chi connectivity index (χ3n) is 2.11. The summed E-state index contributed by atoms with van der Waals surface area (Å²) in [4.78, 5) is 22.4. The molecule has 1 aromatic carbocycles. The number of carbonyl (C=O) groups is 2. The zero-order chi connectivity index (χ0) is 14.4. The van der Waals surface area contributed by atoms with Crippen LogP contribution < -0.4 is 4.74 Å². The molecule has 0 aromatic heterocycles. The van der Waals surface area contributed by atoms with E-state index in [1.807, 2.05) is 0 Å². The molecule has 0 heterocycles. The van der Waals surface area contributed by atoms with Crippen molar-refractivity contribution < 1.29 is 27.8 Å². The molecule has 0 fully saturated rings. The summed E-state index contributed by atoms with van der Waals surface area (Å²) in [5, 5.41) is 8.78. The van der Waals surface area contributed by atoms with Crippen LogP contribution in [-0.2, 0) is 4.74 Å². The second-order valence-electron chi connectivity index (χ2n) is 3.26. The first kappa shape index (κ1) is 14.6. The van der Waals surface area contributed by atoms with Crippen LogP contribution >= 0.6 is 0 Å². The van der Waals surface area contributed by atoms with Crippen LogP contribution in [0.3, 0.4) is 0 Å². The molecule has 1 aromatic rings. The molecule has 5 nitrogen and oxygen atoms in total. The number of halogens is 2. The lowest BCUT2D eigenvalue weighted by Crippen LogP contribution is -2.11. The van der Waals surface area contributed by atoms with Gasteiger partial charge in [-0.05, 0) is 19.1 Å². The molecule has 7 heteroatoms. The van der Waals surface area contributed by atoms with E-state index < -0.39 is 18.3 Å². The largest absolute Gasteiger partial charge is 0.462 e. The highest BCUT2D eigenvalue weighted by Crippen LogP contribution is 2.25. The predicted octanol–water partition coefficient (Wildman–Crippen LogP) is 2.15. The average molecular weight is 269 g/mol. The van der Waals surface area contributed by atoms with Gasteiger partial charge in [-0.25, -0.2) is 4.79 Å². The van der Waals surface area contributed by atoms with E-state index in [1.54, 1.807) is 13.0 Å². The van der Waals surface area contributed by atoms with Crippen molar-refractivity contribution in [3.63, 3.8) is 0 Å². The van der Waals surface area contributed by atoms with Gasteiger partial charge in [0.05, 0.1) is 17.7 Å². The highest BCUT2D eigenvalue weighted by atomic mass is 19.3. The van der Waals surface area contributed by atoms with Crippen molar-refractivity contribution in [2.75, 3.05) is 6.61 Å². The molecule has 0 aliphatic rings. The lowest BCUT2D eigenvalue weighted by Gasteiger charge is -2.10. The summed E-state index contributed by atoms with van der Waals surface area (Å²) in [7, 11) is 0. The van der Waals surface area contributed by atoms with Crippen LogP contribution in [0.5, 0.6) is 5.75 Å². The van der Waals surface area contributed by atoms with Crippen molar-refractivity contribution in [3.8, 4) is 11.8 Å². The molecule has 19 heavy (non-hydrogen) atoms. The molecule has 0 amide bonds. The maximum atomic E-state index is 12.2. The van der Waals surface area contributed by atoms with Crippen molar-refractivity contribution in [2.45, 2.75) is 13.5 Å². The zero-order valence-corrected chi connectivity index (χ0v) is 9.85. The van der Waals surface area contributed by atoms with Gasteiger partial charge in [0, 0.05) is 5.56 Å². The molecule has 1 rings (SSSR count). The Hall–Kier alpha value is -2.49. The van der Waals surface area contributed by atoms with Crippen LogP contribution in [0.1, 0.15) is 33.2 Å². The van der Waals surface area contributed by atoms with Gasteiger partial charge in [-0.1, -0.05) is 0 Å². The molecule has 0 saturated heterocycles. The Bertz CT molecular complexity index is 537. The van der Waals surface area contributed by atoms with Crippen molar-refractivity contribution in [2.24, 2.45) is 0 Å². The van der Waals surface area contributed by atoms with Crippen molar-refractivity contribution in [1.82, 2.24) is 0 Å². The third kappa shape index (κ3) is 3.48. The van der Waals surface area contributed by atoms with Gasteiger partial charge in [-0.15, -0.1) is 0 Å². The Morgan fingerprint density at radius 3 is 2.68 bits per heavy atom. The standard InChI is InChI=1S/C12H9F2NO4/c1-2-18-11(17)9-4-10(19-12(13)14)7(5-15)3-8(9)6-16/h3-4,6,12H,2H2,1H3. The monoisotopic (exact) mass is 269 g/mol. The van der Waals surface area contributed by atoms with E-state index in [9.17, 15) is 18.4 Å². The first-order valence-electron chi connectivity index (χ1n) is 5.18. The maximum absolute atomic E-state index is 12.2. The number of esters is 1. The van der Waals surface area contributed by atoms with E-state index in [4.69, 9.17) is 5.26 Å². The number of ether oxygens (including phenoxy) is 2. The number of benzene rings is 1. The summed E-state index contributed by atoms with van der Waals surface area (Å²) in [5.74, 6) is -1.33. The molecule has 0 saturated carbocycles. The summed E-state index contributed by atoms with van der Waals surface area (Å²) in [6.45, 7) is -1.54. The fourth-order valence-corrected chi connectivity index (χ4v) is 1.36. The SMILES string of the molecule is CCOC(=O)c1cc(OC(F)F)c(C#N)cc1C=O. The van der Waals surface area contributed by atoms with Gasteiger partial charge in [0.15, 0.2) is 6.29 Å². The molecule has 0 aliphatic carbocycles. The minimum atomic E-state index is -3.15. The quantitative estimate of drug-likeness (QED) is 0.604. The van der Waals surface area contributed by atoms with Crippen LogP contribution in [0.15, 0.2) is 12.1 Å². The predicted molar refractivity (Wildman–Crippen MR) is 59.1 cm³/mol. The maximum Gasteiger partial charge on any atom is 0.387 e. The van der Waals surface area contributed by atoms with Crippen LogP contribution in [0, 0.1) is 11.3 Å². The summed E-state index contributed by atoms with van der Waals surface area (Å²) in [5.41, 5.74) is -0.626. The average Bonchev–Trinajstić information content (AvgIpc) is 2.37. The number of nitrogens with zero attached hydrogens (tertiary/aromatic N) is 1. The van der Waals surface area contributed by atoms with E-state index in [-0.39, 0.29) is 23.3 Å². The Balaban J connectivity index is 3.33. The molecule has 0 radical (unpaired) electrons. The lowest BCUT2D eigenvalue weighted by molar-refractivity contribution is -0.0501. The second-order valence-corrected chi connectivity index (χ2v) is 3.26. The molecule has 0 bridgehead atoms. The van der Waals surface area contributed by atoms with Gasteiger partial charge < -0.3 is 9.47 Å². The van der Waals surface area contributed by atoms with Crippen molar-refractivity contribution >= 4 is 12.3 Å². The molecule has 0 atom stereocenters. The Morgan fingerprint density at radius 2 is 2.21 bits per heavy atom. The number of hydrogen-bond acceptors (Lipinski definition) is 5. The number of carbonyl (C=O) groups excluding carboxylic acids is 2. The summed E-state index contributed by atoms with van der Waals surface area (Å²) < 4.78 is 33.2. The minimum Gasteiger partial charge on any atom is -0.462 e. The number of rotatable bonds is 5. The van der Waals surface area contributed by atoms with Gasteiger partial charge >= 0.3 is 12.6 Å². The fourth-order valence-electron chi connectivity index (χ4n) is 1.36. The van der Waals surface area contributed by atoms with E-state index >= 15 is 0 Å². The molecule has 0 N–H and O–H groups in total. The van der Waals surface area contributed by atoms with Crippen LogP contribution in [0.4, 0.5) is 8.78 Å². The number of nitriles is 1. The molecule has 0 spiro atoms. The van der Waals surface area contributed by atoms with Crippen molar-refractivity contribution in [1.29, 1.82) is 5.26 Å². The fraction of sp³-hybridized carbons (Fsp3) is 0.250. The van der Waals surface area contributed by atoms with E-state index in [2.05, 4.69) is 9.47 Å². The second kappa shape index (κ2) is 6.44. The molecular weight excluding hydrogens is 260 g/mol. The topological polar surface area (TPSA) is 76.4 Å². The lowest BCUT2D eigenvalue weighted by atomic mass is 10.0. The first-order chi connectivity index (χ1) is 9.03. The third-order valence-corrected chi connectivity index (χ3v) is 2.11. The summed E-state index contributed by atoms with van der Waals surface area (Å²) in [6, 6.07) is 3.50. The smallest absolute Gasteiger partial charge is 0.387 e. The first-order valence-corrected chi connectivity index (χ1v) is 5.18. The molecule has 0 aliphatic heterocycles. The van der Waals surface area contributed by atoms with Crippen LogP contribution in [-0.4, -0.2) is 25.5 Å². The van der Waals surface area contributed by atoms with Crippen molar-refractivity contribution in [3.05, 3.63) is 28.8 Å². The van der Waals surface area contributed by atoms with Gasteiger partial charge in [-0.3, -0.25) is 4.79 Å².